The van der Waals surface area contributed by atoms with E-state index < -0.39 is 22.3 Å². The molecule has 0 bridgehead atoms. The SMILES string of the molecule is O=C(Nc1ccccc1)/C(=C(\O)C1CC1)[N+](=O)[O-]. The van der Waals surface area contributed by atoms with Crippen molar-refractivity contribution in [2.24, 2.45) is 5.92 Å². The van der Waals surface area contributed by atoms with Gasteiger partial charge in [0.25, 0.3) is 0 Å². The molecule has 94 valence electrons. The molecule has 1 fully saturated rings. The predicted octanol–water partition coefficient (Wildman–Crippen LogP) is 2.08. The minimum atomic E-state index is -0.893. The summed E-state index contributed by atoms with van der Waals surface area (Å²) < 4.78 is 0. The van der Waals surface area contributed by atoms with Gasteiger partial charge in [0.05, 0.1) is 4.92 Å². The molecule has 1 aliphatic carbocycles. The third-order valence-electron chi connectivity index (χ3n) is 2.64. The highest BCUT2D eigenvalue weighted by Crippen LogP contribution is 2.36. The number of hydrogen-bond acceptors (Lipinski definition) is 4. The number of aliphatic hydroxyl groups excluding tert-OH is 1. The van der Waals surface area contributed by atoms with Gasteiger partial charge in [-0.2, -0.15) is 0 Å². The maximum atomic E-state index is 11.8. The van der Waals surface area contributed by atoms with Gasteiger partial charge < -0.3 is 10.4 Å². The van der Waals surface area contributed by atoms with Crippen LogP contribution in [-0.2, 0) is 4.79 Å². The average Bonchev–Trinajstić information content (AvgIpc) is 3.13. The number of benzene rings is 1. The number of amides is 1. The van der Waals surface area contributed by atoms with Crippen LogP contribution in [-0.4, -0.2) is 15.9 Å². The highest BCUT2D eigenvalue weighted by atomic mass is 16.6. The standard InChI is InChI=1S/C12H12N2O4/c15-11(8-6-7-8)10(14(17)18)12(16)13-9-4-2-1-3-5-9/h1-5,8,15H,6-7H2,(H,13,16)/b11-10+. The van der Waals surface area contributed by atoms with Gasteiger partial charge in [0.2, 0.25) is 0 Å². The molecule has 0 atom stereocenters. The molecule has 1 aliphatic rings. The normalized spacial score (nSPS) is 15.8. The minimum absolute atomic E-state index is 0.244. The van der Waals surface area contributed by atoms with Crippen molar-refractivity contribution in [2.75, 3.05) is 5.32 Å². The molecule has 1 aromatic rings. The Morgan fingerprint density at radius 2 is 1.94 bits per heavy atom. The summed E-state index contributed by atoms with van der Waals surface area (Å²) in [7, 11) is 0. The second kappa shape index (κ2) is 4.87. The third-order valence-corrected chi connectivity index (χ3v) is 2.64. The Balaban J connectivity index is 2.20. The first-order chi connectivity index (χ1) is 8.59. The van der Waals surface area contributed by atoms with Gasteiger partial charge in [0.15, 0.2) is 5.76 Å². The number of nitrogens with zero attached hydrogens (tertiary/aromatic N) is 1. The molecule has 1 amide bonds. The van der Waals surface area contributed by atoms with Crippen molar-refractivity contribution in [3.05, 3.63) is 51.9 Å². The van der Waals surface area contributed by atoms with Gasteiger partial charge in [0.1, 0.15) is 0 Å². The Labute approximate surface area is 103 Å². The van der Waals surface area contributed by atoms with E-state index in [-0.39, 0.29) is 5.92 Å². The quantitative estimate of drug-likeness (QED) is 0.369. The number of nitro groups is 1. The molecule has 0 heterocycles. The number of nitrogens with one attached hydrogen (secondary N) is 1. The van der Waals surface area contributed by atoms with Gasteiger partial charge in [-0.3, -0.25) is 14.9 Å². The summed E-state index contributed by atoms with van der Waals surface area (Å²) in [5.41, 5.74) is -0.313. The molecule has 0 aliphatic heterocycles. The van der Waals surface area contributed by atoms with E-state index in [0.29, 0.717) is 18.5 Å². The average molecular weight is 248 g/mol. The number of carbonyl (C=O) groups is 1. The maximum Gasteiger partial charge on any atom is 0.370 e. The van der Waals surface area contributed by atoms with Crippen LogP contribution in [0.1, 0.15) is 12.8 Å². The van der Waals surface area contributed by atoms with Gasteiger partial charge in [0, 0.05) is 11.6 Å². The number of anilines is 1. The molecule has 0 unspecified atom stereocenters. The summed E-state index contributed by atoms with van der Waals surface area (Å²) in [6, 6.07) is 8.40. The topological polar surface area (TPSA) is 92.5 Å². The Bertz CT molecular complexity index is 506. The molecular formula is C12H12N2O4. The number of aliphatic hydroxyl groups is 1. The molecule has 6 heteroatoms. The zero-order chi connectivity index (χ0) is 13.1. The lowest BCUT2D eigenvalue weighted by molar-refractivity contribution is -0.421. The summed E-state index contributed by atoms with van der Waals surface area (Å²) in [5.74, 6) is -1.56. The van der Waals surface area contributed by atoms with Crippen LogP contribution in [0.4, 0.5) is 5.69 Å². The molecule has 0 aromatic heterocycles. The van der Waals surface area contributed by atoms with Gasteiger partial charge in [-0.05, 0) is 25.0 Å². The fourth-order valence-electron chi connectivity index (χ4n) is 1.55. The van der Waals surface area contributed by atoms with E-state index in [2.05, 4.69) is 5.32 Å². The van der Waals surface area contributed by atoms with Crippen LogP contribution in [0.5, 0.6) is 0 Å². The van der Waals surface area contributed by atoms with Gasteiger partial charge >= 0.3 is 11.6 Å². The predicted molar refractivity (Wildman–Crippen MR) is 64.4 cm³/mol. The van der Waals surface area contributed by atoms with E-state index in [1.54, 1.807) is 30.3 Å². The monoisotopic (exact) mass is 248 g/mol. The molecular weight excluding hydrogens is 236 g/mol. The molecule has 2 N–H and O–H groups in total. The largest absolute Gasteiger partial charge is 0.505 e. The van der Waals surface area contributed by atoms with Gasteiger partial charge in [-0.1, -0.05) is 18.2 Å². The molecule has 18 heavy (non-hydrogen) atoms. The highest BCUT2D eigenvalue weighted by Gasteiger charge is 2.37. The van der Waals surface area contributed by atoms with Crippen LogP contribution in [0, 0.1) is 16.0 Å². The number of carbonyl (C=O) groups excluding carboxylic acids is 1. The fraction of sp³-hybridized carbons (Fsp3) is 0.250. The zero-order valence-electron chi connectivity index (χ0n) is 9.50. The fourth-order valence-corrected chi connectivity index (χ4v) is 1.55. The van der Waals surface area contributed by atoms with Crippen LogP contribution in [0.15, 0.2) is 41.8 Å². The third kappa shape index (κ3) is 2.65. The van der Waals surface area contributed by atoms with E-state index in [1.807, 2.05) is 0 Å². The van der Waals surface area contributed by atoms with E-state index in [1.165, 1.54) is 0 Å². The van der Waals surface area contributed by atoms with Crippen LogP contribution in [0.2, 0.25) is 0 Å². The van der Waals surface area contributed by atoms with Crippen molar-refractivity contribution < 1.29 is 14.8 Å². The summed E-state index contributed by atoms with van der Waals surface area (Å²) in [5, 5.41) is 22.9. The Morgan fingerprint density at radius 1 is 1.33 bits per heavy atom. The van der Waals surface area contributed by atoms with Crippen LogP contribution < -0.4 is 5.32 Å². The maximum absolute atomic E-state index is 11.8. The van der Waals surface area contributed by atoms with Crippen LogP contribution >= 0.6 is 0 Å². The highest BCUT2D eigenvalue weighted by molar-refractivity contribution is 6.02. The Hall–Kier alpha value is -2.37. The van der Waals surface area contributed by atoms with E-state index in [0.717, 1.165) is 0 Å². The molecule has 0 radical (unpaired) electrons. The summed E-state index contributed by atoms with van der Waals surface area (Å²) in [4.78, 5) is 21.7. The Morgan fingerprint density at radius 3 is 2.44 bits per heavy atom. The Kier molecular flexibility index (Phi) is 3.27. The zero-order valence-corrected chi connectivity index (χ0v) is 9.50. The lowest BCUT2D eigenvalue weighted by Crippen LogP contribution is -2.22. The summed E-state index contributed by atoms with van der Waals surface area (Å²) in [6.07, 6.45) is 1.36. The molecule has 1 saturated carbocycles. The molecule has 0 spiro atoms. The lowest BCUT2D eigenvalue weighted by atomic mass is 10.2. The van der Waals surface area contributed by atoms with Crippen molar-refractivity contribution in [1.29, 1.82) is 0 Å². The number of para-hydroxylation sites is 1. The second-order valence-corrected chi connectivity index (χ2v) is 4.09. The first-order valence-electron chi connectivity index (χ1n) is 5.53. The van der Waals surface area contributed by atoms with Crippen molar-refractivity contribution >= 4 is 11.6 Å². The van der Waals surface area contributed by atoms with E-state index >= 15 is 0 Å². The number of hydrogen-bond donors (Lipinski definition) is 2. The van der Waals surface area contributed by atoms with Gasteiger partial charge in [-0.15, -0.1) is 0 Å². The molecule has 1 aromatic carbocycles. The first-order valence-corrected chi connectivity index (χ1v) is 5.53. The molecule has 0 saturated heterocycles. The van der Waals surface area contributed by atoms with E-state index in [9.17, 15) is 20.0 Å². The lowest BCUT2D eigenvalue weighted by Gasteiger charge is -2.04. The number of rotatable bonds is 4. The smallest absolute Gasteiger partial charge is 0.370 e. The van der Waals surface area contributed by atoms with E-state index in [4.69, 9.17) is 0 Å². The summed E-state index contributed by atoms with van der Waals surface area (Å²) >= 11 is 0. The van der Waals surface area contributed by atoms with Gasteiger partial charge in [-0.25, -0.2) is 0 Å². The number of allylic oxidation sites excluding steroid dienone is 1. The second-order valence-electron chi connectivity index (χ2n) is 4.09. The van der Waals surface area contributed by atoms with Crippen LogP contribution in [0.25, 0.3) is 0 Å². The molecule has 6 nitrogen and oxygen atoms in total. The van der Waals surface area contributed by atoms with Crippen molar-refractivity contribution in [2.45, 2.75) is 12.8 Å². The minimum Gasteiger partial charge on any atom is -0.505 e. The summed E-state index contributed by atoms with van der Waals surface area (Å²) in [6.45, 7) is 0. The first kappa shape index (κ1) is 12.1. The van der Waals surface area contributed by atoms with Crippen molar-refractivity contribution in [1.82, 2.24) is 0 Å². The molecule has 2 rings (SSSR count). The van der Waals surface area contributed by atoms with Crippen molar-refractivity contribution in [3.63, 3.8) is 0 Å². The van der Waals surface area contributed by atoms with Crippen molar-refractivity contribution in [3.8, 4) is 0 Å². The van der Waals surface area contributed by atoms with Crippen LogP contribution in [0.3, 0.4) is 0 Å².